The van der Waals surface area contributed by atoms with Crippen LogP contribution >= 0.6 is 15.9 Å². The molecule has 4 rings (SSSR count). The second kappa shape index (κ2) is 7.80. The van der Waals surface area contributed by atoms with Crippen LogP contribution in [0.1, 0.15) is 24.1 Å². The lowest BCUT2D eigenvalue weighted by Gasteiger charge is -2.33. The molecule has 0 radical (unpaired) electrons. The predicted octanol–water partition coefficient (Wildman–Crippen LogP) is 3.35. The van der Waals surface area contributed by atoms with Gasteiger partial charge >= 0.3 is 11.9 Å². The number of ether oxygens (including phenoxy) is 3. The Morgan fingerprint density at radius 1 is 1.24 bits per heavy atom. The summed E-state index contributed by atoms with van der Waals surface area (Å²) in [6, 6.07) is 14.7. The predicted molar refractivity (Wildman–Crippen MR) is 109 cm³/mol. The highest BCUT2D eigenvalue weighted by Crippen LogP contribution is 2.53. The van der Waals surface area contributed by atoms with E-state index in [0.29, 0.717) is 12.2 Å². The van der Waals surface area contributed by atoms with Crippen molar-refractivity contribution in [1.82, 2.24) is 5.32 Å². The highest BCUT2D eigenvalue weighted by molar-refractivity contribution is 9.10. The molecule has 2 aromatic rings. The van der Waals surface area contributed by atoms with Crippen molar-refractivity contribution in [2.45, 2.75) is 18.5 Å². The fourth-order valence-corrected chi connectivity index (χ4v) is 4.93. The Hall–Kier alpha value is -2.38. The van der Waals surface area contributed by atoms with E-state index in [2.05, 4.69) is 21.2 Å². The summed E-state index contributed by atoms with van der Waals surface area (Å²) in [4.78, 5) is 26.4. The molecule has 1 saturated heterocycles. The Morgan fingerprint density at radius 2 is 2.00 bits per heavy atom. The van der Waals surface area contributed by atoms with Gasteiger partial charge in [-0.05, 0) is 30.7 Å². The second-order valence-electron chi connectivity index (χ2n) is 7.17. The Labute approximate surface area is 177 Å². The van der Waals surface area contributed by atoms with Gasteiger partial charge in [-0.15, -0.1) is 0 Å². The van der Waals surface area contributed by atoms with Gasteiger partial charge in [-0.3, -0.25) is 10.1 Å². The topological polar surface area (TPSA) is 73.9 Å². The van der Waals surface area contributed by atoms with E-state index in [-0.39, 0.29) is 18.6 Å². The summed E-state index contributed by atoms with van der Waals surface area (Å²) in [5.74, 6) is -1.32. The van der Waals surface area contributed by atoms with E-state index in [1.807, 2.05) is 48.5 Å². The zero-order valence-electron chi connectivity index (χ0n) is 16.2. The number of halogens is 1. The van der Waals surface area contributed by atoms with Crippen LogP contribution in [0, 0.1) is 11.8 Å². The molecule has 0 bridgehead atoms. The Balaban J connectivity index is 1.91. The summed E-state index contributed by atoms with van der Waals surface area (Å²) in [5.41, 5.74) is 0.188. The number of fused-ring (bicyclic) bond motifs is 3. The quantitative estimate of drug-likeness (QED) is 0.706. The number of benzene rings is 2. The molecule has 2 aromatic carbocycles. The van der Waals surface area contributed by atoms with Gasteiger partial charge < -0.3 is 14.2 Å². The molecule has 7 heteroatoms. The van der Waals surface area contributed by atoms with Crippen LogP contribution in [0.15, 0.2) is 53.0 Å². The molecule has 2 aliphatic rings. The summed E-state index contributed by atoms with van der Waals surface area (Å²) in [7, 11) is 1.33. The summed E-state index contributed by atoms with van der Waals surface area (Å²) < 4.78 is 17.5. The molecule has 1 N–H and O–H groups in total. The van der Waals surface area contributed by atoms with Crippen LogP contribution in [0.2, 0.25) is 0 Å². The van der Waals surface area contributed by atoms with Crippen LogP contribution < -0.4 is 10.1 Å². The third-order valence-corrected chi connectivity index (χ3v) is 6.21. The average Bonchev–Trinajstić information content (AvgIpc) is 3.10. The Morgan fingerprint density at radius 3 is 2.69 bits per heavy atom. The minimum Gasteiger partial charge on any atom is -0.493 e. The largest absolute Gasteiger partial charge is 0.493 e. The first-order valence-corrected chi connectivity index (χ1v) is 10.3. The zero-order valence-corrected chi connectivity index (χ0v) is 17.8. The van der Waals surface area contributed by atoms with E-state index in [1.165, 1.54) is 7.11 Å². The molecule has 0 aromatic heterocycles. The fraction of sp³-hybridized carbons (Fsp3) is 0.364. The summed E-state index contributed by atoms with van der Waals surface area (Å²) in [6.07, 6.45) is 0. The van der Waals surface area contributed by atoms with Crippen LogP contribution in [0.5, 0.6) is 5.75 Å². The molecule has 0 aliphatic carbocycles. The van der Waals surface area contributed by atoms with E-state index in [9.17, 15) is 9.59 Å². The number of methoxy groups -OCH3 is 1. The number of esters is 2. The first-order valence-electron chi connectivity index (χ1n) is 9.53. The van der Waals surface area contributed by atoms with Gasteiger partial charge in [-0.2, -0.15) is 0 Å². The second-order valence-corrected chi connectivity index (χ2v) is 8.09. The van der Waals surface area contributed by atoms with Gasteiger partial charge in [0.1, 0.15) is 5.75 Å². The number of hydrogen-bond donors (Lipinski definition) is 1. The van der Waals surface area contributed by atoms with Crippen molar-refractivity contribution in [2.24, 2.45) is 11.8 Å². The summed E-state index contributed by atoms with van der Waals surface area (Å²) in [6.45, 7) is 2.27. The molecule has 0 amide bonds. The maximum atomic E-state index is 13.2. The maximum absolute atomic E-state index is 13.2. The van der Waals surface area contributed by atoms with E-state index < -0.39 is 23.4 Å². The lowest BCUT2D eigenvalue weighted by Crippen LogP contribution is -2.53. The van der Waals surface area contributed by atoms with Gasteiger partial charge in [0.25, 0.3) is 0 Å². The van der Waals surface area contributed by atoms with Crippen molar-refractivity contribution in [2.75, 3.05) is 20.3 Å². The summed E-state index contributed by atoms with van der Waals surface area (Å²) >= 11 is 3.51. The van der Waals surface area contributed by atoms with Gasteiger partial charge in [0, 0.05) is 22.0 Å². The van der Waals surface area contributed by atoms with Crippen molar-refractivity contribution in [1.29, 1.82) is 0 Å². The third kappa shape index (κ3) is 3.13. The SMILES string of the molecule is CCOC(=O)[C@@H]1[C@H]2COc3ccc(Br)cc3[C@@H]2N[C@@]1(C(=O)OC)c1ccccc1. The molecule has 29 heavy (non-hydrogen) atoms. The van der Waals surface area contributed by atoms with Crippen LogP contribution in [0.25, 0.3) is 0 Å². The Kier molecular flexibility index (Phi) is 5.36. The lowest BCUT2D eigenvalue weighted by atomic mass is 9.74. The monoisotopic (exact) mass is 459 g/mol. The molecule has 0 saturated carbocycles. The first kappa shape index (κ1) is 19.9. The number of carbonyl (C=O) groups is 2. The van der Waals surface area contributed by atoms with E-state index >= 15 is 0 Å². The van der Waals surface area contributed by atoms with Crippen molar-refractivity contribution < 1.29 is 23.8 Å². The molecule has 2 heterocycles. The van der Waals surface area contributed by atoms with Gasteiger partial charge in [-0.25, -0.2) is 4.79 Å². The number of carbonyl (C=O) groups excluding carboxylic acids is 2. The van der Waals surface area contributed by atoms with Crippen LogP contribution in [0.4, 0.5) is 0 Å². The van der Waals surface area contributed by atoms with Crippen molar-refractivity contribution in [3.63, 3.8) is 0 Å². The van der Waals surface area contributed by atoms with Crippen molar-refractivity contribution >= 4 is 27.9 Å². The molecule has 1 fully saturated rings. The van der Waals surface area contributed by atoms with Crippen molar-refractivity contribution in [3.8, 4) is 5.75 Å². The number of hydrogen-bond acceptors (Lipinski definition) is 6. The minimum absolute atomic E-state index is 0.224. The van der Waals surface area contributed by atoms with E-state index in [1.54, 1.807) is 6.92 Å². The normalized spacial score (nSPS) is 27.3. The third-order valence-electron chi connectivity index (χ3n) is 5.72. The minimum atomic E-state index is -1.37. The van der Waals surface area contributed by atoms with Crippen LogP contribution in [-0.2, 0) is 24.6 Å². The molecule has 0 spiro atoms. The Bertz CT molecular complexity index is 934. The average molecular weight is 460 g/mol. The molecular formula is C22H22BrNO5. The van der Waals surface area contributed by atoms with E-state index in [4.69, 9.17) is 14.2 Å². The molecule has 6 nitrogen and oxygen atoms in total. The maximum Gasteiger partial charge on any atom is 0.331 e. The van der Waals surface area contributed by atoms with Gasteiger partial charge in [0.15, 0.2) is 5.54 Å². The lowest BCUT2D eigenvalue weighted by molar-refractivity contribution is -0.162. The van der Waals surface area contributed by atoms with Gasteiger partial charge in [0.2, 0.25) is 0 Å². The zero-order chi connectivity index (χ0) is 20.6. The van der Waals surface area contributed by atoms with Gasteiger partial charge in [0.05, 0.1) is 26.2 Å². The van der Waals surface area contributed by atoms with Crippen molar-refractivity contribution in [3.05, 3.63) is 64.1 Å². The summed E-state index contributed by atoms with van der Waals surface area (Å²) in [5, 5.41) is 3.47. The highest BCUT2D eigenvalue weighted by Gasteiger charge is 2.64. The smallest absolute Gasteiger partial charge is 0.331 e. The molecule has 152 valence electrons. The van der Waals surface area contributed by atoms with E-state index in [0.717, 1.165) is 15.8 Å². The number of rotatable bonds is 4. The highest BCUT2D eigenvalue weighted by atomic mass is 79.9. The fourth-order valence-electron chi connectivity index (χ4n) is 4.55. The molecule has 4 atom stereocenters. The van der Waals surface area contributed by atoms with Crippen LogP contribution in [-0.4, -0.2) is 32.3 Å². The van der Waals surface area contributed by atoms with Crippen LogP contribution in [0.3, 0.4) is 0 Å². The number of nitrogens with one attached hydrogen (secondary N) is 1. The molecule has 0 unspecified atom stereocenters. The molecule has 2 aliphatic heterocycles. The first-order chi connectivity index (χ1) is 14.0. The standard InChI is InChI=1S/C22H22BrNO5/c1-3-28-20(25)18-16-12-29-17-10-9-14(23)11-15(17)19(16)24-22(18,21(26)27-2)13-7-5-4-6-8-13/h4-11,16,18-19,24H,3,12H2,1-2H3/t16-,18+,19+,22+/m1/s1. The molecular weight excluding hydrogens is 438 g/mol. The van der Waals surface area contributed by atoms with Gasteiger partial charge in [-0.1, -0.05) is 46.3 Å².